The van der Waals surface area contributed by atoms with Crippen LogP contribution >= 0.6 is 0 Å². The third-order valence-electron chi connectivity index (χ3n) is 6.11. The summed E-state index contributed by atoms with van der Waals surface area (Å²) in [6, 6.07) is 11.7. The largest absolute Gasteiger partial charge is 0.397 e. The number of aromatic nitrogens is 1. The second kappa shape index (κ2) is 12.1. The minimum atomic E-state index is -0.0791. The van der Waals surface area contributed by atoms with E-state index < -0.39 is 0 Å². The molecule has 2 aromatic rings. The number of rotatable bonds is 8. The van der Waals surface area contributed by atoms with Crippen LogP contribution in [0.4, 0.5) is 5.69 Å². The Kier molecular flexibility index (Phi) is 8.97. The lowest BCUT2D eigenvalue weighted by Crippen LogP contribution is -2.57. The number of pyridine rings is 1. The molecule has 34 heavy (non-hydrogen) atoms. The van der Waals surface area contributed by atoms with Crippen LogP contribution in [0.25, 0.3) is 0 Å². The summed E-state index contributed by atoms with van der Waals surface area (Å²) in [5.74, 6) is 0.0921. The molecular formula is C27H33N5O2. The van der Waals surface area contributed by atoms with Gasteiger partial charge in [0.05, 0.1) is 35.5 Å². The van der Waals surface area contributed by atoms with Gasteiger partial charge in [0.2, 0.25) is 0 Å². The molecular weight excluding hydrogens is 426 g/mol. The van der Waals surface area contributed by atoms with Crippen LogP contribution in [0.1, 0.15) is 41.4 Å². The molecule has 1 aromatic heterocycles. The van der Waals surface area contributed by atoms with Crippen molar-refractivity contribution < 1.29 is 9.53 Å². The van der Waals surface area contributed by atoms with Gasteiger partial charge in [0, 0.05) is 45.2 Å². The highest BCUT2D eigenvalue weighted by molar-refractivity contribution is 5.94. The van der Waals surface area contributed by atoms with E-state index in [1.165, 1.54) is 6.20 Å². The van der Waals surface area contributed by atoms with Crippen LogP contribution in [0, 0.1) is 17.2 Å². The number of nitrogens with two attached hydrogens (primary N) is 1. The molecule has 1 unspecified atom stereocenters. The van der Waals surface area contributed by atoms with Gasteiger partial charge in [0.15, 0.2) is 0 Å². The second-order valence-electron chi connectivity index (χ2n) is 8.56. The zero-order chi connectivity index (χ0) is 24.5. The van der Waals surface area contributed by atoms with Crippen LogP contribution < -0.4 is 5.73 Å². The molecule has 1 aromatic carbocycles. The van der Waals surface area contributed by atoms with E-state index in [1.807, 2.05) is 42.2 Å². The maximum absolute atomic E-state index is 13.2. The molecule has 7 nitrogen and oxygen atoms in total. The molecule has 2 N–H and O–H groups in total. The molecule has 1 fully saturated rings. The fraction of sp³-hybridized carbons (Fsp3) is 0.370. The zero-order valence-corrected chi connectivity index (χ0v) is 20.1. The quantitative estimate of drug-likeness (QED) is 0.603. The van der Waals surface area contributed by atoms with Crippen molar-refractivity contribution in [2.45, 2.75) is 25.9 Å². The predicted octanol–water partition coefficient (Wildman–Crippen LogP) is 3.82. The van der Waals surface area contributed by atoms with Gasteiger partial charge in [0.25, 0.3) is 5.91 Å². The van der Waals surface area contributed by atoms with Gasteiger partial charge in [-0.1, -0.05) is 43.4 Å². The van der Waals surface area contributed by atoms with Gasteiger partial charge in [-0.05, 0) is 36.6 Å². The third kappa shape index (κ3) is 6.10. The van der Waals surface area contributed by atoms with Crippen molar-refractivity contribution in [1.29, 1.82) is 5.26 Å². The Bertz CT molecular complexity index is 1070. The lowest BCUT2D eigenvalue weighted by Gasteiger charge is -2.46. The van der Waals surface area contributed by atoms with Gasteiger partial charge in [-0.2, -0.15) is 5.26 Å². The summed E-state index contributed by atoms with van der Waals surface area (Å²) in [6.45, 7) is 6.44. The third-order valence-corrected chi connectivity index (χ3v) is 6.11. The molecule has 0 radical (unpaired) electrons. The smallest absolute Gasteiger partial charge is 0.255 e. The van der Waals surface area contributed by atoms with E-state index >= 15 is 0 Å². The van der Waals surface area contributed by atoms with Crippen molar-refractivity contribution in [2.24, 2.45) is 5.92 Å². The fourth-order valence-corrected chi connectivity index (χ4v) is 4.56. The fourth-order valence-electron chi connectivity index (χ4n) is 4.56. The maximum atomic E-state index is 13.2. The summed E-state index contributed by atoms with van der Waals surface area (Å²) in [6.07, 6.45) is 11.3. The minimum Gasteiger partial charge on any atom is -0.397 e. The molecule has 7 heteroatoms. The van der Waals surface area contributed by atoms with Crippen LogP contribution in [-0.4, -0.2) is 60.1 Å². The van der Waals surface area contributed by atoms with Crippen LogP contribution in [0.2, 0.25) is 0 Å². The number of methoxy groups -OCH3 is 1. The monoisotopic (exact) mass is 459 g/mol. The molecule has 1 saturated heterocycles. The number of ether oxygens (including phenoxy) is 1. The topological polar surface area (TPSA) is 95.5 Å². The molecule has 1 amide bonds. The number of benzene rings is 1. The Hall–Kier alpha value is -3.47. The highest BCUT2D eigenvalue weighted by atomic mass is 16.5. The molecule has 1 aliphatic rings. The molecule has 0 aliphatic carbocycles. The van der Waals surface area contributed by atoms with Gasteiger partial charge in [-0.15, -0.1) is 0 Å². The van der Waals surface area contributed by atoms with E-state index in [-0.39, 0.29) is 23.9 Å². The van der Waals surface area contributed by atoms with E-state index in [2.05, 4.69) is 41.1 Å². The van der Waals surface area contributed by atoms with Gasteiger partial charge < -0.3 is 15.4 Å². The summed E-state index contributed by atoms with van der Waals surface area (Å²) < 4.78 is 5.58. The number of hydrogen-bond acceptors (Lipinski definition) is 6. The molecule has 0 bridgehead atoms. The first-order chi connectivity index (χ1) is 16.5. The summed E-state index contributed by atoms with van der Waals surface area (Å²) in [4.78, 5) is 21.5. The predicted molar refractivity (Wildman–Crippen MR) is 134 cm³/mol. The van der Waals surface area contributed by atoms with Crippen molar-refractivity contribution in [3.63, 3.8) is 0 Å². The normalized spacial score (nSPS) is 18.8. The lowest BCUT2D eigenvalue weighted by molar-refractivity contribution is -0.00558. The number of amides is 1. The number of hydrogen-bond donors (Lipinski definition) is 1. The molecule has 3 atom stereocenters. The van der Waals surface area contributed by atoms with Crippen molar-refractivity contribution in [1.82, 2.24) is 14.8 Å². The lowest BCUT2D eigenvalue weighted by atomic mass is 9.89. The minimum absolute atomic E-state index is 0.00923. The van der Waals surface area contributed by atoms with Crippen LogP contribution in [0.15, 0.2) is 67.0 Å². The van der Waals surface area contributed by atoms with Crippen molar-refractivity contribution >= 4 is 11.6 Å². The molecule has 0 spiro atoms. The second-order valence-corrected chi connectivity index (χ2v) is 8.56. The number of anilines is 1. The standard InChI is InChI=1S/C27H33N5O2/c1-4-5-6-8-20(2)26(22-10-7-9-21(13-22)15-28)32-12-11-31(18-25(32)19-34-3)27(33)23-14-24(29)17-30-16-23/h4-10,13-14,16-17,20,25-26H,11-12,18-19,29H2,1-3H3/b5-4-,8-6-/t20?,25-,26+/m0/s1. The molecule has 1 aliphatic heterocycles. The van der Waals surface area contributed by atoms with E-state index in [0.717, 1.165) is 5.56 Å². The number of allylic oxidation sites excluding steroid dienone is 3. The first-order valence-electron chi connectivity index (χ1n) is 11.5. The molecule has 3 rings (SSSR count). The molecule has 0 saturated carbocycles. The molecule has 2 heterocycles. The summed E-state index contributed by atoms with van der Waals surface area (Å²) >= 11 is 0. The van der Waals surface area contributed by atoms with E-state index in [4.69, 9.17) is 10.5 Å². The Morgan fingerprint density at radius 3 is 2.85 bits per heavy atom. The highest BCUT2D eigenvalue weighted by Crippen LogP contribution is 2.34. The van der Waals surface area contributed by atoms with E-state index in [9.17, 15) is 10.1 Å². The first kappa shape index (κ1) is 25.2. The van der Waals surface area contributed by atoms with Crippen molar-refractivity contribution in [3.05, 3.63) is 83.7 Å². The van der Waals surface area contributed by atoms with Gasteiger partial charge >= 0.3 is 0 Å². The maximum Gasteiger partial charge on any atom is 0.255 e. The van der Waals surface area contributed by atoms with Crippen LogP contribution in [0.3, 0.4) is 0 Å². The highest BCUT2D eigenvalue weighted by Gasteiger charge is 2.36. The van der Waals surface area contributed by atoms with Gasteiger partial charge in [-0.25, -0.2) is 0 Å². The summed E-state index contributed by atoms with van der Waals surface area (Å²) in [5.41, 5.74) is 8.52. The summed E-state index contributed by atoms with van der Waals surface area (Å²) in [7, 11) is 1.68. The SMILES string of the molecule is C/C=C\C=C/C(C)[C@H](c1cccc(C#N)c1)N1CCN(C(=O)c2cncc(N)c2)C[C@H]1COC. The number of carbonyl (C=O) groups is 1. The summed E-state index contributed by atoms with van der Waals surface area (Å²) in [5, 5.41) is 9.46. The van der Waals surface area contributed by atoms with E-state index in [1.54, 1.807) is 19.4 Å². The number of nitriles is 1. The Morgan fingerprint density at radius 1 is 1.32 bits per heavy atom. The molecule has 178 valence electrons. The van der Waals surface area contributed by atoms with Crippen molar-refractivity contribution in [2.75, 3.05) is 39.1 Å². The number of nitrogens with zero attached hydrogens (tertiary/aromatic N) is 4. The average Bonchev–Trinajstić information content (AvgIpc) is 2.85. The first-order valence-corrected chi connectivity index (χ1v) is 11.5. The van der Waals surface area contributed by atoms with Crippen molar-refractivity contribution in [3.8, 4) is 6.07 Å². The zero-order valence-electron chi connectivity index (χ0n) is 20.1. The average molecular weight is 460 g/mol. The van der Waals surface area contributed by atoms with Gasteiger partial charge in [0.1, 0.15) is 0 Å². The van der Waals surface area contributed by atoms with Gasteiger partial charge in [-0.3, -0.25) is 14.7 Å². The van der Waals surface area contributed by atoms with Crippen LogP contribution in [0.5, 0.6) is 0 Å². The number of nitrogen functional groups attached to an aromatic ring is 1. The Morgan fingerprint density at radius 2 is 2.15 bits per heavy atom. The van der Waals surface area contributed by atoms with E-state index in [0.29, 0.717) is 43.1 Å². The van der Waals surface area contributed by atoms with Crippen LogP contribution in [-0.2, 0) is 4.74 Å². The number of carbonyl (C=O) groups excluding carboxylic acids is 1. The Balaban J connectivity index is 1.91. The number of piperazine rings is 1. The Labute approximate surface area is 202 Å².